The Morgan fingerprint density at radius 3 is 2.42 bits per heavy atom. The molecule has 10 heteroatoms. The van der Waals surface area contributed by atoms with Gasteiger partial charge in [0.1, 0.15) is 17.3 Å². The zero-order chi connectivity index (χ0) is 30.9. The van der Waals surface area contributed by atoms with Gasteiger partial charge in [-0.2, -0.15) is 0 Å². The number of methoxy groups -OCH3 is 2. The topological polar surface area (TPSA) is 100 Å². The maximum atomic E-state index is 13.4. The van der Waals surface area contributed by atoms with Crippen molar-refractivity contribution in [2.24, 2.45) is 0 Å². The second-order valence-corrected chi connectivity index (χ2v) is 10.9. The standard InChI is InChI=1S/C33H42N6O4/c1-7-32(40)36-28-20-24(30(43-6)22-29(28)38(4)19-18-37(2)3)21-31-34-15-12-27(35-31)33(41)23-8-10-25(11-9-23)39-16-13-26(42-5)14-17-39/h7-12,15,20,22,26H,1,13-14,16-19,21H2,2-6H3,(H,36,40). The number of hydrogen-bond donors (Lipinski definition) is 1. The molecule has 228 valence electrons. The van der Waals surface area contributed by atoms with Crippen LogP contribution in [0.15, 0.2) is 61.3 Å². The molecule has 0 bridgehead atoms. The van der Waals surface area contributed by atoms with Crippen LogP contribution in [0.1, 0.15) is 40.3 Å². The number of carbonyl (C=O) groups excluding carboxylic acids is 2. The molecule has 1 fully saturated rings. The number of hydrogen-bond acceptors (Lipinski definition) is 9. The van der Waals surface area contributed by atoms with E-state index in [4.69, 9.17) is 9.47 Å². The van der Waals surface area contributed by atoms with Crippen LogP contribution in [-0.4, -0.2) is 94.2 Å². The summed E-state index contributed by atoms with van der Waals surface area (Å²) >= 11 is 0. The molecule has 1 amide bonds. The summed E-state index contributed by atoms with van der Waals surface area (Å²) in [6.45, 7) is 7.02. The number of ether oxygens (including phenoxy) is 2. The average Bonchev–Trinajstić information content (AvgIpc) is 3.03. The molecule has 2 heterocycles. The summed E-state index contributed by atoms with van der Waals surface area (Å²) in [6, 6.07) is 13.1. The molecule has 0 radical (unpaired) electrons. The number of rotatable bonds is 13. The third-order valence-electron chi connectivity index (χ3n) is 7.69. The number of nitrogens with one attached hydrogen (secondary N) is 1. The monoisotopic (exact) mass is 586 g/mol. The molecule has 2 aromatic carbocycles. The van der Waals surface area contributed by atoms with E-state index in [1.54, 1.807) is 26.5 Å². The number of likely N-dealkylation sites (N-methyl/N-ethyl adjacent to an activating group) is 2. The third kappa shape index (κ3) is 8.18. The van der Waals surface area contributed by atoms with Crippen molar-refractivity contribution < 1.29 is 19.1 Å². The van der Waals surface area contributed by atoms with E-state index in [0.717, 1.165) is 56.0 Å². The van der Waals surface area contributed by atoms with Gasteiger partial charge in [0.15, 0.2) is 0 Å². The summed E-state index contributed by atoms with van der Waals surface area (Å²) in [5.74, 6) is 0.620. The van der Waals surface area contributed by atoms with Gasteiger partial charge in [-0.3, -0.25) is 9.59 Å². The summed E-state index contributed by atoms with van der Waals surface area (Å²) in [6.07, 6.45) is 5.43. The quantitative estimate of drug-likeness (QED) is 0.235. The van der Waals surface area contributed by atoms with Crippen molar-refractivity contribution in [2.75, 3.05) is 76.7 Å². The maximum absolute atomic E-state index is 13.4. The van der Waals surface area contributed by atoms with Gasteiger partial charge in [-0.05, 0) is 69.4 Å². The fourth-order valence-corrected chi connectivity index (χ4v) is 5.11. The lowest BCUT2D eigenvalue weighted by Gasteiger charge is -2.33. The van der Waals surface area contributed by atoms with E-state index < -0.39 is 0 Å². The summed E-state index contributed by atoms with van der Waals surface area (Å²) in [7, 11) is 9.36. The first-order valence-electron chi connectivity index (χ1n) is 14.5. The van der Waals surface area contributed by atoms with E-state index in [-0.39, 0.29) is 11.7 Å². The van der Waals surface area contributed by atoms with Gasteiger partial charge in [-0.25, -0.2) is 9.97 Å². The van der Waals surface area contributed by atoms with Crippen LogP contribution in [0, 0.1) is 0 Å². The van der Waals surface area contributed by atoms with Crippen molar-refractivity contribution in [3.63, 3.8) is 0 Å². The minimum atomic E-state index is -0.312. The normalized spacial score (nSPS) is 13.6. The molecule has 1 N–H and O–H groups in total. The Bertz CT molecular complexity index is 1420. The van der Waals surface area contributed by atoms with E-state index in [2.05, 4.69) is 36.6 Å². The van der Waals surface area contributed by atoms with Crippen LogP contribution in [0.4, 0.5) is 17.1 Å². The van der Waals surface area contributed by atoms with E-state index in [1.807, 2.05) is 57.5 Å². The molecule has 10 nitrogen and oxygen atoms in total. The Labute approximate surface area is 254 Å². The van der Waals surface area contributed by atoms with Crippen molar-refractivity contribution in [1.29, 1.82) is 0 Å². The highest BCUT2D eigenvalue weighted by atomic mass is 16.5. The Kier molecular flexibility index (Phi) is 10.9. The van der Waals surface area contributed by atoms with Gasteiger partial charge < -0.3 is 29.5 Å². The van der Waals surface area contributed by atoms with Gasteiger partial charge in [0, 0.05) is 75.8 Å². The van der Waals surface area contributed by atoms with Crippen LogP contribution in [0.2, 0.25) is 0 Å². The number of amides is 1. The molecule has 1 aliphatic heterocycles. The zero-order valence-electron chi connectivity index (χ0n) is 25.8. The molecular weight excluding hydrogens is 544 g/mol. The van der Waals surface area contributed by atoms with Gasteiger partial charge in [0.05, 0.1) is 24.6 Å². The summed E-state index contributed by atoms with van der Waals surface area (Å²) in [5, 5.41) is 2.92. The van der Waals surface area contributed by atoms with Crippen LogP contribution in [0.5, 0.6) is 5.75 Å². The number of carbonyl (C=O) groups is 2. The summed E-state index contributed by atoms with van der Waals surface area (Å²) < 4.78 is 11.2. The molecule has 4 rings (SSSR count). The Balaban J connectivity index is 1.54. The molecule has 0 unspecified atom stereocenters. The van der Waals surface area contributed by atoms with Crippen molar-refractivity contribution in [2.45, 2.75) is 25.4 Å². The number of piperidine rings is 1. The minimum Gasteiger partial charge on any atom is -0.496 e. The molecule has 3 aromatic rings. The predicted molar refractivity (Wildman–Crippen MR) is 171 cm³/mol. The highest BCUT2D eigenvalue weighted by molar-refractivity contribution is 6.07. The smallest absolute Gasteiger partial charge is 0.247 e. The molecule has 1 aliphatic rings. The number of aromatic nitrogens is 2. The lowest BCUT2D eigenvalue weighted by atomic mass is 10.0. The molecule has 43 heavy (non-hydrogen) atoms. The van der Waals surface area contributed by atoms with Crippen LogP contribution in [0.3, 0.4) is 0 Å². The van der Waals surface area contributed by atoms with E-state index in [0.29, 0.717) is 41.0 Å². The second kappa shape index (κ2) is 14.8. The first-order chi connectivity index (χ1) is 20.7. The molecule has 0 atom stereocenters. The summed E-state index contributed by atoms with van der Waals surface area (Å²) in [4.78, 5) is 41.2. The van der Waals surface area contributed by atoms with Gasteiger partial charge >= 0.3 is 0 Å². The molecule has 0 spiro atoms. The Morgan fingerprint density at radius 2 is 1.79 bits per heavy atom. The zero-order valence-corrected chi connectivity index (χ0v) is 25.8. The Morgan fingerprint density at radius 1 is 1.07 bits per heavy atom. The van der Waals surface area contributed by atoms with Gasteiger partial charge in [0.2, 0.25) is 11.7 Å². The van der Waals surface area contributed by atoms with Gasteiger partial charge in [0.25, 0.3) is 0 Å². The third-order valence-corrected chi connectivity index (χ3v) is 7.69. The summed E-state index contributed by atoms with van der Waals surface area (Å²) in [5.41, 5.74) is 4.19. The van der Waals surface area contributed by atoms with Crippen LogP contribution >= 0.6 is 0 Å². The minimum absolute atomic E-state index is 0.169. The fourth-order valence-electron chi connectivity index (χ4n) is 5.11. The lowest BCUT2D eigenvalue weighted by molar-refractivity contribution is -0.111. The lowest BCUT2D eigenvalue weighted by Crippen LogP contribution is -2.36. The van der Waals surface area contributed by atoms with Crippen molar-refractivity contribution >= 4 is 28.8 Å². The highest BCUT2D eigenvalue weighted by Crippen LogP contribution is 2.34. The van der Waals surface area contributed by atoms with E-state index >= 15 is 0 Å². The van der Waals surface area contributed by atoms with Crippen molar-refractivity contribution in [3.05, 3.63) is 84.0 Å². The largest absolute Gasteiger partial charge is 0.496 e. The van der Waals surface area contributed by atoms with E-state index in [1.165, 1.54) is 6.08 Å². The first-order valence-corrected chi connectivity index (χ1v) is 14.5. The highest BCUT2D eigenvalue weighted by Gasteiger charge is 2.20. The molecule has 1 aromatic heterocycles. The first kappa shape index (κ1) is 31.7. The predicted octanol–water partition coefficient (Wildman–Crippen LogP) is 4.04. The molecule has 0 aliphatic carbocycles. The van der Waals surface area contributed by atoms with Crippen molar-refractivity contribution in [3.8, 4) is 5.75 Å². The Hall–Kier alpha value is -4.28. The SMILES string of the molecule is C=CC(=O)Nc1cc(Cc2nccc(C(=O)c3ccc(N4CCC(OC)CC4)cc3)n2)c(OC)cc1N(C)CCN(C)C. The molecular formula is C33H42N6O4. The fraction of sp³-hybridized carbons (Fsp3) is 0.394. The number of ketones is 1. The maximum Gasteiger partial charge on any atom is 0.247 e. The van der Waals surface area contributed by atoms with Gasteiger partial charge in [-0.1, -0.05) is 6.58 Å². The van der Waals surface area contributed by atoms with E-state index in [9.17, 15) is 9.59 Å². The van der Waals surface area contributed by atoms with Crippen LogP contribution in [0.25, 0.3) is 0 Å². The van der Waals surface area contributed by atoms with Crippen LogP contribution < -0.4 is 19.9 Å². The van der Waals surface area contributed by atoms with Crippen molar-refractivity contribution in [1.82, 2.24) is 14.9 Å². The van der Waals surface area contributed by atoms with Crippen LogP contribution in [-0.2, 0) is 16.0 Å². The van der Waals surface area contributed by atoms with Gasteiger partial charge in [-0.15, -0.1) is 0 Å². The molecule has 1 saturated heterocycles. The average molecular weight is 587 g/mol. The number of anilines is 3. The number of benzene rings is 2. The second-order valence-electron chi connectivity index (χ2n) is 10.9. The number of nitrogens with zero attached hydrogens (tertiary/aromatic N) is 5. The molecule has 0 saturated carbocycles.